The summed E-state index contributed by atoms with van der Waals surface area (Å²) >= 11 is 1.58. The predicted octanol–water partition coefficient (Wildman–Crippen LogP) is 2.96. The molecule has 0 aliphatic heterocycles. The average Bonchev–Trinajstić information content (AvgIpc) is 3.18. The van der Waals surface area contributed by atoms with Crippen molar-refractivity contribution in [3.63, 3.8) is 0 Å². The standard InChI is InChI=1S/C22H23N5O2S/c1-25-14-15(17-5-2-3-6-18(17)25)13-20(28)23-10-11-26-22(29)27(16-8-9-16)21(24-26)19-7-4-12-30-19/h2-7,12,14,16H,8-11,13H2,1H3,(H,23,28). The zero-order valence-corrected chi connectivity index (χ0v) is 17.6. The lowest BCUT2D eigenvalue weighted by atomic mass is 10.1. The number of fused-ring (bicyclic) bond motifs is 1. The third-order valence-corrected chi connectivity index (χ3v) is 6.37. The van der Waals surface area contributed by atoms with E-state index in [1.54, 1.807) is 11.3 Å². The number of nitrogens with one attached hydrogen (secondary N) is 1. The molecular formula is C22H23N5O2S. The second-order valence-electron chi connectivity index (χ2n) is 7.72. The van der Waals surface area contributed by atoms with Gasteiger partial charge >= 0.3 is 5.69 Å². The van der Waals surface area contributed by atoms with Gasteiger partial charge in [0.15, 0.2) is 5.82 Å². The van der Waals surface area contributed by atoms with Gasteiger partial charge in [-0.05, 0) is 35.9 Å². The Bertz CT molecular complexity index is 1260. The van der Waals surface area contributed by atoms with Crippen molar-refractivity contribution in [3.8, 4) is 10.7 Å². The van der Waals surface area contributed by atoms with Crippen molar-refractivity contribution in [2.75, 3.05) is 6.54 Å². The number of aryl methyl sites for hydroxylation is 1. The normalized spacial score (nSPS) is 13.8. The summed E-state index contributed by atoms with van der Waals surface area (Å²) in [5.74, 6) is 0.680. The molecule has 5 rings (SSSR count). The van der Waals surface area contributed by atoms with Gasteiger partial charge in [0.05, 0.1) is 17.8 Å². The Balaban J connectivity index is 1.26. The van der Waals surface area contributed by atoms with E-state index in [1.807, 2.05) is 64.2 Å². The van der Waals surface area contributed by atoms with Crippen LogP contribution in [0.2, 0.25) is 0 Å². The van der Waals surface area contributed by atoms with Crippen LogP contribution in [-0.4, -0.2) is 31.4 Å². The molecular weight excluding hydrogens is 398 g/mol. The topological polar surface area (TPSA) is 73.8 Å². The summed E-state index contributed by atoms with van der Waals surface area (Å²) in [7, 11) is 1.98. The molecule has 0 unspecified atom stereocenters. The van der Waals surface area contributed by atoms with E-state index in [0.717, 1.165) is 40.0 Å². The Morgan fingerprint density at radius 1 is 1.23 bits per heavy atom. The van der Waals surface area contributed by atoms with Crippen LogP contribution in [0.25, 0.3) is 21.6 Å². The van der Waals surface area contributed by atoms with Crippen molar-refractivity contribution in [3.05, 3.63) is 64.0 Å². The molecule has 4 aromatic rings. The first-order chi connectivity index (χ1) is 14.6. The molecule has 1 aromatic carbocycles. The number of carbonyl (C=O) groups excluding carboxylic acids is 1. The third kappa shape index (κ3) is 3.47. The third-order valence-electron chi connectivity index (χ3n) is 5.50. The molecule has 3 heterocycles. The van der Waals surface area contributed by atoms with Gasteiger partial charge in [-0.2, -0.15) is 0 Å². The van der Waals surface area contributed by atoms with E-state index in [0.29, 0.717) is 19.5 Å². The molecule has 1 N–H and O–H groups in total. The number of carbonyl (C=O) groups is 1. The molecule has 30 heavy (non-hydrogen) atoms. The number of aromatic nitrogens is 4. The van der Waals surface area contributed by atoms with Crippen LogP contribution >= 0.6 is 11.3 Å². The Morgan fingerprint density at radius 2 is 2.07 bits per heavy atom. The minimum atomic E-state index is -0.0933. The fraction of sp³-hybridized carbons (Fsp3) is 0.318. The van der Waals surface area contributed by atoms with Crippen molar-refractivity contribution in [1.29, 1.82) is 0 Å². The second kappa shape index (κ2) is 7.60. The highest BCUT2D eigenvalue weighted by molar-refractivity contribution is 7.13. The molecule has 0 atom stereocenters. The van der Waals surface area contributed by atoms with E-state index in [1.165, 1.54) is 4.68 Å². The maximum atomic E-state index is 12.8. The summed E-state index contributed by atoms with van der Waals surface area (Å²) in [6.07, 6.45) is 4.35. The van der Waals surface area contributed by atoms with Crippen LogP contribution in [0.3, 0.4) is 0 Å². The average molecular weight is 422 g/mol. The van der Waals surface area contributed by atoms with Gasteiger partial charge in [-0.25, -0.2) is 9.48 Å². The van der Waals surface area contributed by atoms with Crippen LogP contribution in [0.15, 0.2) is 52.8 Å². The summed E-state index contributed by atoms with van der Waals surface area (Å²) in [6, 6.07) is 12.3. The molecule has 154 valence electrons. The van der Waals surface area contributed by atoms with Crippen LogP contribution in [0.4, 0.5) is 0 Å². The number of hydrogen-bond donors (Lipinski definition) is 1. The van der Waals surface area contributed by atoms with Crippen molar-refractivity contribution < 1.29 is 4.79 Å². The Hall–Kier alpha value is -3.13. The summed E-state index contributed by atoms with van der Waals surface area (Å²) in [4.78, 5) is 26.3. The predicted molar refractivity (Wildman–Crippen MR) is 118 cm³/mol. The number of hydrogen-bond acceptors (Lipinski definition) is 4. The SMILES string of the molecule is Cn1cc(CC(=O)NCCn2nc(-c3cccs3)n(C3CC3)c2=O)c2ccccc21. The molecule has 1 saturated carbocycles. The lowest BCUT2D eigenvalue weighted by molar-refractivity contribution is -0.120. The Labute approximate surface area is 177 Å². The number of para-hydroxylation sites is 1. The summed E-state index contributed by atoms with van der Waals surface area (Å²) in [5, 5.41) is 10.6. The van der Waals surface area contributed by atoms with Gasteiger partial charge in [-0.1, -0.05) is 24.3 Å². The second-order valence-corrected chi connectivity index (χ2v) is 8.66. The molecule has 0 spiro atoms. The molecule has 7 nitrogen and oxygen atoms in total. The Morgan fingerprint density at radius 3 is 2.83 bits per heavy atom. The first-order valence-electron chi connectivity index (χ1n) is 10.1. The summed E-state index contributed by atoms with van der Waals surface area (Å²) < 4.78 is 5.32. The minimum Gasteiger partial charge on any atom is -0.354 e. The molecule has 3 aromatic heterocycles. The molecule has 0 bridgehead atoms. The van der Waals surface area contributed by atoms with E-state index >= 15 is 0 Å². The van der Waals surface area contributed by atoms with Crippen molar-refractivity contribution in [1.82, 2.24) is 24.2 Å². The van der Waals surface area contributed by atoms with E-state index in [2.05, 4.69) is 10.4 Å². The minimum absolute atomic E-state index is 0.0560. The highest BCUT2D eigenvalue weighted by atomic mass is 32.1. The van der Waals surface area contributed by atoms with Gasteiger partial charge in [0.1, 0.15) is 0 Å². The number of amides is 1. The monoisotopic (exact) mass is 421 g/mol. The first-order valence-corrected chi connectivity index (χ1v) is 11.0. The fourth-order valence-electron chi connectivity index (χ4n) is 3.90. The lowest BCUT2D eigenvalue weighted by Gasteiger charge is -2.04. The highest BCUT2D eigenvalue weighted by Gasteiger charge is 2.30. The zero-order chi connectivity index (χ0) is 20.7. The van der Waals surface area contributed by atoms with Gasteiger partial charge in [-0.3, -0.25) is 9.36 Å². The van der Waals surface area contributed by atoms with Crippen LogP contribution in [0.1, 0.15) is 24.4 Å². The highest BCUT2D eigenvalue weighted by Crippen LogP contribution is 2.37. The maximum absolute atomic E-state index is 12.8. The van der Waals surface area contributed by atoms with Gasteiger partial charge in [-0.15, -0.1) is 16.4 Å². The molecule has 0 saturated heterocycles. The van der Waals surface area contributed by atoms with Crippen LogP contribution in [0, 0.1) is 0 Å². The molecule has 1 fully saturated rings. The fourth-order valence-corrected chi connectivity index (χ4v) is 4.61. The molecule has 8 heteroatoms. The smallest absolute Gasteiger partial charge is 0.346 e. The number of thiophene rings is 1. The number of nitrogens with zero attached hydrogens (tertiary/aromatic N) is 4. The van der Waals surface area contributed by atoms with Crippen LogP contribution < -0.4 is 11.0 Å². The number of rotatable bonds is 7. The van der Waals surface area contributed by atoms with Crippen molar-refractivity contribution >= 4 is 28.1 Å². The van der Waals surface area contributed by atoms with E-state index in [-0.39, 0.29) is 17.6 Å². The van der Waals surface area contributed by atoms with Gasteiger partial charge in [0.25, 0.3) is 0 Å². The lowest BCUT2D eigenvalue weighted by Crippen LogP contribution is -2.32. The zero-order valence-electron chi connectivity index (χ0n) is 16.7. The molecule has 1 amide bonds. The van der Waals surface area contributed by atoms with E-state index in [4.69, 9.17) is 0 Å². The quantitative estimate of drug-likeness (QED) is 0.499. The maximum Gasteiger partial charge on any atom is 0.346 e. The summed E-state index contributed by atoms with van der Waals surface area (Å²) in [5.41, 5.74) is 2.02. The van der Waals surface area contributed by atoms with E-state index in [9.17, 15) is 9.59 Å². The van der Waals surface area contributed by atoms with Crippen molar-refractivity contribution in [2.24, 2.45) is 7.05 Å². The van der Waals surface area contributed by atoms with Gasteiger partial charge in [0, 0.05) is 36.7 Å². The van der Waals surface area contributed by atoms with E-state index < -0.39 is 0 Å². The Kier molecular flexibility index (Phi) is 4.78. The first kappa shape index (κ1) is 18.9. The van der Waals surface area contributed by atoms with Gasteiger partial charge in [0.2, 0.25) is 5.91 Å². The largest absolute Gasteiger partial charge is 0.354 e. The van der Waals surface area contributed by atoms with Crippen LogP contribution in [0.5, 0.6) is 0 Å². The summed E-state index contributed by atoms with van der Waals surface area (Å²) in [6.45, 7) is 0.729. The number of benzene rings is 1. The van der Waals surface area contributed by atoms with Gasteiger partial charge < -0.3 is 9.88 Å². The molecule has 1 aliphatic carbocycles. The van der Waals surface area contributed by atoms with Crippen LogP contribution in [-0.2, 0) is 24.8 Å². The molecule has 0 radical (unpaired) electrons. The molecule has 1 aliphatic rings. The van der Waals surface area contributed by atoms with Crippen molar-refractivity contribution in [2.45, 2.75) is 31.8 Å².